The monoisotopic (exact) mass is 326 g/mol. The summed E-state index contributed by atoms with van der Waals surface area (Å²) in [5.74, 6) is 6.64. The van der Waals surface area contributed by atoms with Crippen LogP contribution in [0, 0.1) is 11.8 Å². The topological polar surface area (TPSA) is 84.4 Å². The number of ether oxygens (including phenoxy) is 3. The molecule has 2 aliphatic rings. The SMILES string of the molecule is Cn1cc(C#Cc2c(N)ncc3c2C2(COCCOC2)OC3)cn1. The first kappa shape index (κ1) is 15.1. The summed E-state index contributed by atoms with van der Waals surface area (Å²) in [6.45, 7) is 2.41. The molecule has 124 valence electrons. The fourth-order valence-corrected chi connectivity index (χ4v) is 3.09. The van der Waals surface area contributed by atoms with Gasteiger partial charge in [-0.2, -0.15) is 5.10 Å². The predicted molar refractivity (Wildman–Crippen MR) is 85.9 cm³/mol. The van der Waals surface area contributed by atoms with E-state index < -0.39 is 5.60 Å². The molecule has 2 aromatic rings. The van der Waals surface area contributed by atoms with Crippen LogP contribution in [0.3, 0.4) is 0 Å². The molecule has 0 atom stereocenters. The summed E-state index contributed by atoms with van der Waals surface area (Å²) >= 11 is 0. The van der Waals surface area contributed by atoms with Crippen LogP contribution in [0.2, 0.25) is 0 Å². The molecule has 0 amide bonds. The lowest BCUT2D eigenvalue weighted by atomic mass is 9.90. The number of nitrogens with zero attached hydrogens (tertiary/aromatic N) is 3. The van der Waals surface area contributed by atoms with Gasteiger partial charge in [0.05, 0.1) is 50.4 Å². The van der Waals surface area contributed by atoms with Crippen LogP contribution in [0.4, 0.5) is 5.82 Å². The number of aryl methyl sites for hydroxylation is 1. The summed E-state index contributed by atoms with van der Waals surface area (Å²) in [5.41, 5.74) is 8.87. The lowest BCUT2D eigenvalue weighted by Gasteiger charge is -2.27. The highest BCUT2D eigenvalue weighted by Gasteiger charge is 2.44. The summed E-state index contributed by atoms with van der Waals surface area (Å²) in [6, 6.07) is 0. The maximum absolute atomic E-state index is 6.12. The molecular formula is C17H18N4O3. The van der Waals surface area contributed by atoms with Crippen molar-refractivity contribution in [1.29, 1.82) is 0 Å². The Labute approximate surface area is 139 Å². The molecule has 2 N–H and O–H groups in total. The van der Waals surface area contributed by atoms with Crippen molar-refractivity contribution in [2.24, 2.45) is 7.05 Å². The van der Waals surface area contributed by atoms with Gasteiger partial charge in [-0.3, -0.25) is 4.68 Å². The van der Waals surface area contributed by atoms with Crippen molar-refractivity contribution in [3.8, 4) is 11.8 Å². The number of aromatic nitrogens is 3. The summed E-state index contributed by atoms with van der Waals surface area (Å²) in [4.78, 5) is 4.26. The maximum atomic E-state index is 6.12. The van der Waals surface area contributed by atoms with Crippen LogP contribution >= 0.6 is 0 Å². The molecule has 1 fully saturated rings. The van der Waals surface area contributed by atoms with Crippen molar-refractivity contribution in [3.05, 3.63) is 40.8 Å². The van der Waals surface area contributed by atoms with E-state index in [1.165, 1.54) is 0 Å². The first-order chi connectivity index (χ1) is 11.7. The van der Waals surface area contributed by atoms with Gasteiger partial charge in [0, 0.05) is 30.6 Å². The molecule has 7 nitrogen and oxygen atoms in total. The predicted octanol–water partition coefficient (Wildman–Crippen LogP) is 0.569. The van der Waals surface area contributed by atoms with Crippen molar-refractivity contribution >= 4 is 5.82 Å². The average Bonchev–Trinajstić information content (AvgIpc) is 3.05. The molecule has 24 heavy (non-hydrogen) atoms. The van der Waals surface area contributed by atoms with Crippen molar-refractivity contribution in [2.75, 3.05) is 32.2 Å². The second-order valence-electron chi connectivity index (χ2n) is 5.96. The fourth-order valence-electron chi connectivity index (χ4n) is 3.09. The standard InChI is InChI=1S/C17H18N4O3/c1-21-8-12(6-20-21)2-3-14-15-13(7-19-16(14)18)9-24-17(15)10-22-4-5-23-11-17/h6-8H,4-5,9-11H2,1H3,(H2,18,19). The number of nitrogen functional groups attached to an aromatic ring is 1. The van der Waals surface area contributed by atoms with Gasteiger partial charge >= 0.3 is 0 Å². The van der Waals surface area contributed by atoms with Crippen LogP contribution in [-0.2, 0) is 33.5 Å². The van der Waals surface area contributed by atoms with Crippen molar-refractivity contribution in [3.63, 3.8) is 0 Å². The quantitative estimate of drug-likeness (QED) is 0.713. The van der Waals surface area contributed by atoms with E-state index in [0.717, 1.165) is 16.7 Å². The third-order valence-corrected chi connectivity index (χ3v) is 4.23. The van der Waals surface area contributed by atoms with E-state index >= 15 is 0 Å². The summed E-state index contributed by atoms with van der Waals surface area (Å²) in [6.07, 6.45) is 5.31. The van der Waals surface area contributed by atoms with Crippen molar-refractivity contribution < 1.29 is 14.2 Å². The van der Waals surface area contributed by atoms with Crippen LogP contribution in [0.25, 0.3) is 0 Å². The Bertz CT molecular complexity index is 826. The van der Waals surface area contributed by atoms with Crippen LogP contribution in [-0.4, -0.2) is 41.2 Å². The van der Waals surface area contributed by atoms with Crippen LogP contribution in [0.5, 0.6) is 0 Å². The molecular weight excluding hydrogens is 308 g/mol. The number of hydrogen-bond acceptors (Lipinski definition) is 6. The smallest absolute Gasteiger partial charge is 0.142 e. The molecule has 4 rings (SSSR count). The fraction of sp³-hybridized carbons (Fsp3) is 0.412. The molecule has 4 heterocycles. The highest BCUT2D eigenvalue weighted by atomic mass is 16.6. The Hall–Kier alpha value is -2.40. The number of fused-ring (bicyclic) bond motifs is 2. The normalized spacial score (nSPS) is 18.7. The number of pyridine rings is 1. The van der Waals surface area contributed by atoms with E-state index in [4.69, 9.17) is 19.9 Å². The minimum Gasteiger partial charge on any atom is -0.383 e. The van der Waals surface area contributed by atoms with Crippen molar-refractivity contribution in [1.82, 2.24) is 14.8 Å². The number of rotatable bonds is 0. The zero-order valence-electron chi connectivity index (χ0n) is 13.4. The first-order valence-electron chi connectivity index (χ1n) is 7.76. The van der Waals surface area contributed by atoms with Gasteiger partial charge in [0.15, 0.2) is 0 Å². The molecule has 0 aromatic carbocycles. The highest BCUT2D eigenvalue weighted by Crippen LogP contribution is 2.41. The van der Waals surface area contributed by atoms with E-state index in [1.54, 1.807) is 17.1 Å². The molecule has 0 aliphatic carbocycles. The summed E-state index contributed by atoms with van der Waals surface area (Å²) < 4.78 is 19.1. The van der Waals surface area contributed by atoms with Gasteiger partial charge in [0.2, 0.25) is 0 Å². The number of hydrogen-bond donors (Lipinski definition) is 1. The Kier molecular flexibility index (Phi) is 3.73. The van der Waals surface area contributed by atoms with Gasteiger partial charge in [0.25, 0.3) is 0 Å². The van der Waals surface area contributed by atoms with E-state index in [1.807, 2.05) is 13.2 Å². The van der Waals surface area contributed by atoms with Crippen molar-refractivity contribution in [2.45, 2.75) is 12.2 Å². The second-order valence-corrected chi connectivity index (χ2v) is 5.96. The molecule has 2 aromatic heterocycles. The van der Waals surface area contributed by atoms with Crippen LogP contribution in [0.1, 0.15) is 22.3 Å². The zero-order valence-corrected chi connectivity index (χ0v) is 13.4. The molecule has 7 heteroatoms. The first-order valence-corrected chi connectivity index (χ1v) is 7.76. The Morgan fingerprint density at radius 3 is 2.71 bits per heavy atom. The molecule has 0 radical (unpaired) electrons. The summed E-state index contributed by atoms with van der Waals surface area (Å²) in [7, 11) is 1.85. The molecule has 0 saturated carbocycles. The Balaban J connectivity index is 1.81. The van der Waals surface area contributed by atoms with Gasteiger partial charge in [0.1, 0.15) is 11.4 Å². The molecule has 1 saturated heterocycles. The minimum atomic E-state index is -0.665. The highest BCUT2D eigenvalue weighted by molar-refractivity contribution is 5.61. The maximum Gasteiger partial charge on any atom is 0.142 e. The Morgan fingerprint density at radius 1 is 1.21 bits per heavy atom. The average molecular weight is 326 g/mol. The minimum absolute atomic E-state index is 0.388. The van der Waals surface area contributed by atoms with Gasteiger partial charge in [-0.05, 0) is 0 Å². The van der Waals surface area contributed by atoms with Gasteiger partial charge in [-0.1, -0.05) is 11.8 Å². The lowest BCUT2D eigenvalue weighted by Crippen LogP contribution is -2.35. The molecule has 1 spiro atoms. The largest absolute Gasteiger partial charge is 0.383 e. The van der Waals surface area contributed by atoms with Crippen LogP contribution in [0.15, 0.2) is 18.6 Å². The zero-order chi connectivity index (χ0) is 16.6. The second kappa shape index (κ2) is 5.91. The molecule has 2 aliphatic heterocycles. The van der Waals surface area contributed by atoms with Gasteiger partial charge in [-0.25, -0.2) is 4.98 Å². The van der Waals surface area contributed by atoms with Crippen LogP contribution < -0.4 is 5.73 Å². The Morgan fingerprint density at radius 2 is 2.00 bits per heavy atom. The number of anilines is 1. The third kappa shape index (κ3) is 2.55. The number of nitrogens with two attached hydrogens (primary N) is 1. The van der Waals surface area contributed by atoms with E-state index in [0.29, 0.717) is 44.4 Å². The summed E-state index contributed by atoms with van der Waals surface area (Å²) in [5, 5.41) is 4.12. The van der Waals surface area contributed by atoms with E-state index in [-0.39, 0.29) is 0 Å². The van der Waals surface area contributed by atoms with E-state index in [9.17, 15) is 0 Å². The molecule has 0 unspecified atom stereocenters. The lowest BCUT2D eigenvalue weighted by molar-refractivity contribution is -0.104. The third-order valence-electron chi connectivity index (χ3n) is 4.23. The molecule has 0 bridgehead atoms. The van der Waals surface area contributed by atoms with E-state index in [2.05, 4.69) is 21.9 Å². The van der Waals surface area contributed by atoms with Gasteiger partial charge < -0.3 is 19.9 Å². The van der Waals surface area contributed by atoms with Gasteiger partial charge in [-0.15, -0.1) is 0 Å².